The van der Waals surface area contributed by atoms with Crippen LogP contribution in [0.4, 0.5) is 22.7 Å². The second-order valence-electron chi connectivity index (χ2n) is 31.5. The second kappa shape index (κ2) is 48.6. The highest BCUT2D eigenvalue weighted by molar-refractivity contribution is 7.12. The summed E-state index contributed by atoms with van der Waals surface area (Å²) in [6.45, 7) is 39.3. The minimum absolute atomic E-state index is 0.347. The summed E-state index contributed by atoms with van der Waals surface area (Å²) in [6.07, 6.45) is 4.62. The number of fused-ring (bicyclic) bond motifs is 4. The van der Waals surface area contributed by atoms with Gasteiger partial charge in [0.15, 0.2) is 11.6 Å². The number of thiophene rings is 2. The van der Waals surface area contributed by atoms with Crippen molar-refractivity contribution in [2.75, 3.05) is 106 Å². The average Bonchev–Trinajstić information content (AvgIpc) is 1.65. The molecule has 15 rings (SSSR count). The van der Waals surface area contributed by atoms with Gasteiger partial charge in [-0.25, -0.2) is 39.9 Å². The summed E-state index contributed by atoms with van der Waals surface area (Å²) in [7, 11) is 4.18. The number of ether oxygens (including phenoxy) is 4. The molecule has 682 valence electrons. The van der Waals surface area contributed by atoms with Crippen LogP contribution in [0.25, 0.3) is 44.1 Å². The van der Waals surface area contributed by atoms with Gasteiger partial charge in [0.2, 0.25) is 0 Å². The normalized spacial score (nSPS) is 12.1. The lowest BCUT2D eigenvalue weighted by Crippen LogP contribution is -2.27. The van der Waals surface area contributed by atoms with Crippen molar-refractivity contribution in [2.24, 2.45) is 42.9 Å². The lowest BCUT2D eigenvalue weighted by molar-refractivity contribution is 0.291. The van der Waals surface area contributed by atoms with Gasteiger partial charge in [0, 0.05) is 78.0 Å². The molecule has 7 heterocycles. The van der Waals surface area contributed by atoms with Gasteiger partial charge in [0.25, 0.3) is 0 Å². The number of aromatic nitrogens is 8. The molecule has 0 bridgehead atoms. The zero-order valence-electron chi connectivity index (χ0n) is 77.7. The molecule has 0 aliphatic carbocycles. The number of nitrogens with zero attached hydrogens (tertiary/aromatic N) is 16. The van der Waals surface area contributed by atoms with Gasteiger partial charge >= 0.3 is 0 Å². The summed E-state index contributed by atoms with van der Waals surface area (Å²) >= 11 is 3.18. The predicted molar refractivity (Wildman–Crippen MR) is 538 cm³/mol. The van der Waals surface area contributed by atoms with Gasteiger partial charge in [-0.05, 0) is 267 Å². The van der Waals surface area contributed by atoms with E-state index in [-0.39, 0.29) is 0 Å². The summed E-state index contributed by atoms with van der Waals surface area (Å²) in [5, 5.41) is 4.01. The van der Waals surface area contributed by atoms with Crippen LogP contribution in [0.5, 0.6) is 23.0 Å². The molecular formula is C103H128N20O5S2. The van der Waals surface area contributed by atoms with Crippen LogP contribution in [0.3, 0.4) is 0 Å². The van der Waals surface area contributed by atoms with E-state index >= 15 is 0 Å². The number of nitrogens with two attached hydrogens (primary N) is 4. The fraction of sp³-hybridized carbons (Fsp3) is 0.340. The Labute approximate surface area is 773 Å². The first-order valence-corrected chi connectivity index (χ1v) is 47.1. The maximum absolute atomic E-state index is 6.22. The Bertz CT molecular complexity index is 5920. The van der Waals surface area contributed by atoms with Crippen molar-refractivity contribution in [1.82, 2.24) is 57.8 Å². The van der Waals surface area contributed by atoms with E-state index in [9.17, 15) is 0 Å². The third-order valence-electron chi connectivity index (χ3n) is 22.4. The van der Waals surface area contributed by atoms with E-state index in [1.807, 2.05) is 160 Å². The topological polar surface area (TPSA) is 288 Å². The highest BCUT2D eigenvalue weighted by atomic mass is 32.1. The monoisotopic (exact) mass is 1790 g/mol. The molecule has 8 N–H and O–H groups in total. The van der Waals surface area contributed by atoms with E-state index < -0.39 is 0 Å². The van der Waals surface area contributed by atoms with Crippen LogP contribution in [-0.4, -0.2) is 187 Å². The van der Waals surface area contributed by atoms with Gasteiger partial charge in [-0.15, -0.1) is 22.7 Å². The van der Waals surface area contributed by atoms with Crippen molar-refractivity contribution in [3.8, 4) is 23.0 Å². The largest absolute Gasteiger partial charge is 0.494 e. The molecule has 130 heavy (non-hydrogen) atoms. The van der Waals surface area contributed by atoms with Gasteiger partial charge < -0.3 is 84.2 Å². The highest BCUT2D eigenvalue weighted by Crippen LogP contribution is 2.32. The number of benzene rings is 8. The SMILES string of the molecule is CCOc1ccc(Cc2nc3cc(N=C(C)N)ccc3n2CCN(CC)CC)cc1.CCOc1ccc(Cc2nc3cc(N=C(N)c4ccco4)ccc3n2CCN(CC)CC)cc1.CCOc1ccc(Cc2nc3cc(N=C(N)c4cccs4)ccc3n2CCN(C)C)cc1.CCOc1ccc(Cc2nc3cc(N=C(N)c4cccs4)ccc3n2CCN(CC)CC)cc1. The molecule has 0 fully saturated rings. The molecule has 0 unspecified atom stereocenters. The number of hydrogen-bond donors (Lipinski definition) is 4. The first-order chi connectivity index (χ1) is 63.3. The zero-order valence-corrected chi connectivity index (χ0v) is 79.4. The Morgan fingerprint density at radius 1 is 0.346 bits per heavy atom. The average molecular weight is 1790 g/mol. The van der Waals surface area contributed by atoms with Gasteiger partial charge in [-0.2, -0.15) is 0 Å². The van der Waals surface area contributed by atoms with Crippen LogP contribution in [0.2, 0.25) is 0 Å². The molecule has 15 aromatic rings. The molecule has 25 nitrogen and oxygen atoms in total. The van der Waals surface area contributed by atoms with E-state index in [1.54, 1.807) is 48.0 Å². The Balaban J connectivity index is 0.000000157. The summed E-state index contributed by atoms with van der Waals surface area (Å²) in [5.41, 5.74) is 40.5. The predicted octanol–water partition coefficient (Wildman–Crippen LogP) is 19.5. The van der Waals surface area contributed by atoms with E-state index in [4.69, 9.17) is 66.2 Å². The third-order valence-corrected chi connectivity index (χ3v) is 24.2. The Morgan fingerprint density at radius 2 is 0.631 bits per heavy atom. The minimum atomic E-state index is 0.347. The van der Waals surface area contributed by atoms with Crippen LogP contribution in [0.1, 0.15) is 137 Å². The van der Waals surface area contributed by atoms with Gasteiger partial charge in [-0.1, -0.05) is 102 Å². The van der Waals surface area contributed by atoms with Crippen LogP contribution < -0.4 is 41.9 Å². The summed E-state index contributed by atoms with van der Waals surface area (Å²) in [5.74, 6) is 10.3. The quantitative estimate of drug-likeness (QED) is 0.0205. The molecule has 0 aliphatic rings. The molecule has 0 spiro atoms. The van der Waals surface area contributed by atoms with Gasteiger partial charge in [0.1, 0.15) is 58.0 Å². The first kappa shape index (κ1) is 96.3. The number of aliphatic imine (C=N–C) groups is 4. The first-order valence-electron chi connectivity index (χ1n) is 45.4. The van der Waals surface area contributed by atoms with E-state index in [0.717, 1.165) is 240 Å². The fourth-order valence-corrected chi connectivity index (χ4v) is 16.7. The number of hydrogen-bond acceptors (Lipinski definition) is 19. The van der Waals surface area contributed by atoms with Gasteiger partial charge in [0.05, 0.1) is 115 Å². The van der Waals surface area contributed by atoms with Gasteiger partial charge in [-0.3, -0.25) is 0 Å². The maximum atomic E-state index is 6.22. The van der Waals surface area contributed by atoms with Crippen molar-refractivity contribution in [2.45, 2.75) is 128 Å². The summed E-state index contributed by atoms with van der Waals surface area (Å²) < 4.78 is 37.0. The number of rotatable bonds is 41. The van der Waals surface area contributed by atoms with Crippen molar-refractivity contribution >= 4 is 113 Å². The smallest absolute Gasteiger partial charge is 0.168 e. The molecule has 0 aliphatic heterocycles. The highest BCUT2D eigenvalue weighted by Gasteiger charge is 2.20. The van der Waals surface area contributed by atoms with Crippen molar-refractivity contribution in [3.63, 3.8) is 0 Å². The van der Waals surface area contributed by atoms with E-state index in [0.29, 0.717) is 55.5 Å². The van der Waals surface area contributed by atoms with E-state index in [1.165, 1.54) is 22.3 Å². The van der Waals surface area contributed by atoms with Crippen molar-refractivity contribution < 1.29 is 23.4 Å². The molecule has 0 amide bonds. The van der Waals surface area contributed by atoms with E-state index in [2.05, 4.69) is 186 Å². The Hall–Kier alpha value is -12.8. The number of imidazole rings is 4. The number of furan rings is 1. The van der Waals surface area contributed by atoms with Crippen LogP contribution in [-0.2, 0) is 51.9 Å². The molecule has 0 radical (unpaired) electrons. The molecule has 0 saturated carbocycles. The molecule has 7 aromatic heterocycles. The second-order valence-corrected chi connectivity index (χ2v) is 33.4. The standard InChI is InChI=1S/C27H33N5O2.C27H33N5OS.C25H29N5OS.C24H33N5O/c2*1-4-31(5-2)15-16-32-24-14-11-21(29-27(28)25-8-7-17-34-25)19-23(24)30-26(32)18-20-9-12-22(13-10-20)33-6-3;1-4-31-20-10-7-18(8-11-20)16-24-28-21-17-19(27-25(26)23-6-5-15-32-23)9-12-22(21)30(24)14-13-29(2)3;1-5-28(6-2)14-15-29-23-13-10-20(26-18(4)25)17-22(23)27-24(29)16-19-8-11-21(12-9-19)30-7-3/h2*7-14,17,19H,4-6,15-16,18H2,1-3H3,(H2,28,29);5-12,15,17H,4,13-14,16H2,1-3H3,(H2,26,27);8-13,17H,5-7,14-16H2,1-4H3,(H2,25,26). The third kappa shape index (κ3) is 26.9. The molecular weight excluding hydrogens is 1660 g/mol. The zero-order chi connectivity index (χ0) is 91.8. The van der Waals surface area contributed by atoms with Crippen molar-refractivity contribution in [1.29, 1.82) is 0 Å². The molecule has 8 aromatic carbocycles. The Morgan fingerprint density at radius 3 is 0.877 bits per heavy atom. The lowest BCUT2D eigenvalue weighted by Gasteiger charge is -2.19. The fourth-order valence-electron chi connectivity index (χ4n) is 15.4. The van der Waals surface area contributed by atoms with Crippen LogP contribution in [0, 0.1) is 0 Å². The van der Waals surface area contributed by atoms with Crippen LogP contribution in [0.15, 0.2) is 248 Å². The summed E-state index contributed by atoms with van der Waals surface area (Å²) in [6, 6.07) is 69.1. The number of likely N-dealkylation sites (N-methyl/N-ethyl adjacent to an activating group) is 4. The Kier molecular flexibility index (Phi) is 36.0. The number of amidine groups is 4. The van der Waals surface area contributed by atoms with Crippen LogP contribution >= 0.6 is 22.7 Å². The molecule has 0 atom stereocenters. The summed E-state index contributed by atoms with van der Waals surface area (Å²) in [4.78, 5) is 49.6. The molecule has 0 saturated heterocycles. The minimum Gasteiger partial charge on any atom is -0.494 e. The maximum Gasteiger partial charge on any atom is 0.168 e. The van der Waals surface area contributed by atoms with Crippen molar-refractivity contribution in [3.05, 3.63) is 284 Å². The lowest BCUT2D eigenvalue weighted by atomic mass is 10.1. The molecule has 27 heteroatoms.